The van der Waals surface area contributed by atoms with E-state index >= 15 is 0 Å². The maximum atomic E-state index is 12.1. The summed E-state index contributed by atoms with van der Waals surface area (Å²) in [7, 11) is 0. The average Bonchev–Trinajstić information content (AvgIpc) is 3.44. The van der Waals surface area contributed by atoms with Crippen LogP contribution in [0.2, 0.25) is 0 Å². The predicted molar refractivity (Wildman–Crippen MR) is 100 cm³/mol. The van der Waals surface area contributed by atoms with E-state index in [0.29, 0.717) is 29.9 Å². The van der Waals surface area contributed by atoms with Crippen LogP contribution in [0.4, 0.5) is 0 Å². The van der Waals surface area contributed by atoms with Gasteiger partial charge in [0.15, 0.2) is 5.60 Å². The van der Waals surface area contributed by atoms with E-state index < -0.39 is 11.6 Å². The maximum Gasteiger partial charge on any atom is 0.313 e. The second-order valence-corrected chi connectivity index (χ2v) is 7.23. The fourth-order valence-corrected chi connectivity index (χ4v) is 2.52. The lowest BCUT2D eigenvalue weighted by atomic mass is 9.98. The molecule has 0 amide bonds. The molecule has 0 spiro atoms. The van der Waals surface area contributed by atoms with Crippen molar-refractivity contribution in [3.63, 3.8) is 0 Å². The van der Waals surface area contributed by atoms with E-state index in [1.165, 1.54) is 6.92 Å². The van der Waals surface area contributed by atoms with Crippen LogP contribution in [-0.4, -0.2) is 31.1 Å². The zero-order valence-electron chi connectivity index (χ0n) is 16.9. The largest absolute Gasteiger partial charge is 0.462 e. The summed E-state index contributed by atoms with van der Waals surface area (Å²) in [5.41, 5.74) is 0.515. The Morgan fingerprint density at radius 1 is 1.21 bits per heavy atom. The molecule has 1 aromatic rings. The maximum absolute atomic E-state index is 12.1. The summed E-state index contributed by atoms with van der Waals surface area (Å²) in [5, 5.41) is 0. The summed E-state index contributed by atoms with van der Waals surface area (Å²) in [4.78, 5) is 35.0. The molecule has 154 valence electrons. The van der Waals surface area contributed by atoms with Crippen LogP contribution in [-0.2, 0) is 40.8 Å². The molecule has 0 aromatic heterocycles. The number of unbranched alkanes of at least 4 members (excludes halogenated alkanes) is 1. The first-order valence-corrected chi connectivity index (χ1v) is 9.55. The third kappa shape index (κ3) is 6.05. The Bertz CT molecular complexity index is 719. The minimum absolute atomic E-state index is 0.0416. The Morgan fingerprint density at radius 3 is 2.50 bits per heavy atom. The van der Waals surface area contributed by atoms with Crippen LogP contribution < -0.4 is 4.74 Å². The fraction of sp³-hybridized carbons (Fsp3) is 0.571. The van der Waals surface area contributed by atoms with E-state index in [1.807, 2.05) is 6.92 Å². The molecule has 0 saturated carbocycles. The van der Waals surface area contributed by atoms with Crippen LogP contribution in [0.5, 0.6) is 5.75 Å². The molecular formula is C21H28O7. The molecule has 1 saturated heterocycles. The van der Waals surface area contributed by atoms with Crippen LogP contribution in [0.1, 0.15) is 58.1 Å². The van der Waals surface area contributed by atoms with E-state index in [4.69, 9.17) is 18.9 Å². The van der Waals surface area contributed by atoms with E-state index in [2.05, 4.69) is 0 Å². The number of ether oxygens (including phenoxy) is 4. The zero-order chi connectivity index (χ0) is 20.7. The summed E-state index contributed by atoms with van der Waals surface area (Å²) in [5.74, 6) is -1.05. The van der Waals surface area contributed by atoms with E-state index in [9.17, 15) is 14.4 Å². The number of carbonyl (C=O) groups excluding carboxylic acids is 3. The van der Waals surface area contributed by atoms with Gasteiger partial charge in [-0.25, -0.2) is 0 Å². The molecular weight excluding hydrogens is 364 g/mol. The minimum Gasteiger partial charge on any atom is -0.462 e. The molecule has 2 rings (SSSR count). The second kappa shape index (κ2) is 9.68. The van der Waals surface area contributed by atoms with Gasteiger partial charge in [0.1, 0.15) is 19.0 Å². The Kier molecular flexibility index (Phi) is 7.57. The molecule has 28 heavy (non-hydrogen) atoms. The Balaban J connectivity index is 2.19. The third-order valence-electron chi connectivity index (χ3n) is 4.35. The first-order valence-electron chi connectivity index (χ1n) is 9.55. The molecule has 1 aromatic carbocycles. The highest BCUT2D eigenvalue weighted by Gasteiger charge is 2.50. The summed E-state index contributed by atoms with van der Waals surface area (Å²) < 4.78 is 21.5. The minimum atomic E-state index is -0.811. The summed E-state index contributed by atoms with van der Waals surface area (Å²) in [6.07, 6.45) is 2.08. The lowest BCUT2D eigenvalue weighted by molar-refractivity contribution is -0.145. The molecule has 7 heteroatoms. The Labute approximate surface area is 165 Å². The molecule has 1 aliphatic heterocycles. The first-order chi connectivity index (χ1) is 13.3. The van der Waals surface area contributed by atoms with Crippen molar-refractivity contribution in [2.24, 2.45) is 5.92 Å². The number of hydrogen-bond acceptors (Lipinski definition) is 7. The van der Waals surface area contributed by atoms with Gasteiger partial charge >= 0.3 is 17.9 Å². The molecule has 1 fully saturated rings. The lowest BCUT2D eigenvalue weighted by Crippen LogP contribution is -2.22. The predicted octanol–water partition coefficient (Wildman–Crippen LogP) is 3.27. The van der Waals surface area contributed by atoms with E-state index in [-0.39, 0.29) is 31.1 Å². The number of esters is 3. The Morgan fingerprint density at radius 2 is 1.93 bits per heavy atom. The van der Waals surface area contributed by atoms with Gasteiger partial charge in [-0.1, -0.05) is 39.3 Å². The van der Waals surface area contributed by atoms with Crippen molar-refractivity contribution < 1.29 is 33.3 Å². The van der Waals surface area contributed by atoms with Gasteiger partial charge in [0.2, 0.25) is 0 Å². The van der Waals surface area contributed by atoms with Gasteiger partial charge < -0.3 is 18.9 Å². The molecule has 0 radical (unpaired) electrons. The third-order valence-corrected chi connectivity index (χ3v) is 4.35. The monoisotopic (exact) mass is 392 g/mol. The average molecular weight is 392 g/mol. The van der Waals surface area contributed by atoms with Crippen molar-refractivity contribution in [3.05, 3.63) is 29.3 Å². The molecule has 1 atom stereocenters. The molecule has 1 aliphatic rings. The van der Waals surface area contributed by atoms with E-state index in [0.717, 1.165) is 12.8 Å². The van der Waals surface area contributed by atoms with Crippen molar-refractivity contribution in [3.8, 4) is 5.75 Å². The normalized spacial score (nSPS) is 17.9. The molecule has 0 bridgehead atoms. The van der Waals surface area contributed by atoms with Crippen LogP contribution in [0, 0.1) is 5.92 Å². The standard InChI is InChI=1S/C21H28O7/c1-5-6-7-19(23)25-11-16-8-9-17(18(10-16)28-20(24)14(2)3)21(13-27-21)12-26-15(4)22/h8-10,14H,5-7,11-13H2,1-4H3. The van der Waals surface area contributed by atoms with Crippen molar-refractivity contribution in [2.45, 2.75) is 59.2 Å². The topological polar surface area (TPSA) is 91.4 Å². The van der Waals surface area contributed by atoms with Gasteiger partial charge in [0.05, 0.1) is 12.5 Å². The fourth-order valence-electron chi connectivity index (χ4n) is 2.52. The molecule has 1 unspecified atom stereocenters. The van der Waals surface area contributed by atoms with Crippen LogP contribution in [0.3, 0.4) is 0 Å². The Hall–Kier alpha value is -2.41. The highest BCUT2D eigenvalue weighted by atomic mass is 16.6. The van der Waals surface area contributed by atoms with Crippen molar-refractivity contribution >= 4 is 17.9 Å². The highest BCUT2D eigenvalue weighted by molar-refractivity contribution is 5.75. The summed E-state index contributed by atoms with van der Waals surface area (Å²) >= 11 is 0. The number of benzene rings is 1. The van der Waals surface area contributed by atoms with Crippen molar-refractivity contribution in [1.82, 2.24) is 0 Å². The van der Waals surface area contributed by atoms with Gasteiger partial charge in [-0.05, 0) is 18.1 Å². The van der Waals surface area contributed by atoms with Gasteiger partial charge in [-0.3, -0.25) is 14.4 Å². The van der Waals surface area contributed by atoms with Crippen molar-refractivity contribution in [1.29, 1.82) is 0 Å². The smallest absolute Gasteiger partial charge is 0.313 e. The second-order valence-electron chi connectivity index (χ2n) is 7.23. The number of rotatable bonds is 10. The molecule has 0 N–H and O–H groups in total. The van der Waals surface area contributed by atoms with Gasteiger partial charge in [-0.15, -0.1) is 0 Å². The summed E-state index contributed by atoms with van der Waals surface area (Å²) in [6.45, 7) is 7.30. The SMILES string of the molecule is CCCCC(=O)OCc1ccc(C2(COC(C)=O)CO2)c(OC(=O)C(C)C)c1. The summed E-state index contributed by atoms with van der Waals surface area (Å²) in [6, 6.07) is 5.21. The first kappa shape index (κ1) is 21.9. The van der Waals surface area contributed by atoms with Crippen LogP contribution in [0.15, 0.2) is 18.2 Å². The molecule has 0 aliphatic carbocycles. The lowest BCUT2D eigenvalue weighted by Gasteiger charge is -2.18. The number of epoxide rings is 1. The number of carbonyl (C=O) groups is 3. The van der Waals surface area contributed by atoms with E-state index in [1.54, 1.807) is 32.0 Å². The highest BCUT2D eigenvalue weighted by Crippen LogP contribution is 2.44. The number of hydrogen-bond donors (Lipinski definition) is 0. The molecule has 1 heterocycles. The molecule has 7 nitrogen and oxygen atoms in total. The van der Waals surface area contributed by atoms with Crippen LogP contribution in [0.25, 0.3) is 0 Å². The van der Waals surface area contributed by atoms with Crippen molar-refractivity contribution in [2.75, 3.05) is 13.2 Å². The van der Waals surface area contributed by atoms with Gasteiger partial charge in [0, 0.05) is 18.9 Å². The van der Waals surface area contributed by atoms with Crippen LogP contribution >= 0.6 is 0 Å². The van der Waals surface area contributed by atoms with Gasteiger partial charge in [-0.2, -0.15) is 0 Å². The van der Waals surface area contributed by atoms with Gasteiger partial charge in [0.25, 0.3) is 0 Å². The zero-order valence-corrected chi connectivity index (χ0v) is 16.9. The quantitative estimate of drug-likeness (QED) is 0.343.